The van der Waals surface area contributed by atoms with Gasteiger partial charge in [-0.05, 0) is 24.6 Å². The highest BCUT2D eigenvalue weighted by atomic mass is 27.2. The predicted octanol–water partition coefficient (Wildman–Crippen LogP) is 3.64. The van der Waals surface area contributed by atoms with E-state index in [2.05, 4.69) is 44.8 Å². The van der Waals surface area contributed by atoms with Crippen LogP contribution in [0.1, 0.15) is 32.0 Å². The van der Waals surface area contributed by atoms with Crippen molar-refractivity contribution in [3.05, 3.63) is 29.6 Å². The van der Waals surface area contributed by atoms with Gasteiger partial charge in [0.25, 0.3) is 14.1 Å². The molecule has 1 heterocycles. The second-order valence-electron chi connectivity index (χ2n) is 4.93. The van der Waals surface area contributed by atoms with Crippen molar-refractivity contribution < 1.29 is 0 Å². The monoisotopic (exact) mass is 219 g/mol. The van der Waals surface area contributed by atoms with Gasteiger partial charge < -0.3 is 0 Å². The van der Waals surface area contributed by atoms with Crippen LogP contribution in [0.4, 0.5) is 0 Å². The number of rotatable bonds is 5. The zero-order chi connectivity index (χ0) is 11.3. The fourth-order valence-corrected chi connectivity index (χ4v) is 5.00. The predicted molar refractivity (Wildman–Crippen MR) is 68.6 cm³/mol. The number of nitrogens with zero attached hydrogens (tertiary/aromatic N) is 1. The van der Waals surface area contributed by atoms with E-state index >= 15 is 0 Å². The van der Waals surface area contributed by atoms with Gasteiger partial charge in [0.2, 0.25) is 0 Å². The van der Waals surface area contributed by atoms with Crippen molar-refractivity contribution >= 4 is 14.1 Å². The summed E-state index contributed by atoms with van der Waals surface area (Å²) in [6, 6.07) is 4.32. The van der Waals surface area contributed by atoms with Gasteiger partial charge in [-0.3, -0.25) is 4.98 Å². The highest BCUT2D eigenvalue weighted by molar-refractivity contribution is 6.58. The van der Waals surface area contributed by atoms with E-state index in [1.807, 2.05) is 6.20 Å². The van der Waals surface area contributed by atoms with Crippen molar-refractivity contribution in [1.82, 2.24) is 4.98 Å². The maximum atomic E-state index is 4.47. The van der Waals surface area contributed by atoms with Crippen LogP contribution in [0.5, 0.6) is 0 Å². The van der Waals surface area contributed by atoms with Crippen molar-refractivity contribution in [1.29, 1.82) is 0 Å². The molecule has 1 rings (SSSR count). The molecule has 0 radical (unpaired) electrons. The van der Waals surface area contributed by atoms with Crippen LogP contribution in [-0.2, 0) is 5.28 Å². The Bertz CT molecular complexity index is 296. The lowest BCUT2D eigenvalue weighted by Gasteiger charge is -2.11. The van der Waals surface area contributed by atoms with Gasteiger partial charge >= 0.3 is 0 Å². The zero-order valence-corrected chi connectivity index (χ0v) is 11.6. The topological polar surface area (TPSA) is 12.9 Å². The maximum absolute atomic E-state index is 4.47. The molecule has 0 aliphatic rings. The molecule has 0 aromatic carbocycles. The molecule has 2 heteroatoms. The third-order valence-corrected chi connectivity index (χ3v) is 6.61. The van der Waals surface area contributed by atoms with Gasteiger partial charge in [-0.15, -0.1) is 0 Å². The molecule has 0 atom stereocenters. The van der Waals surface area contributed by atoms with Gasteiger partial charge in [-0.25, -0.2) is 0 Å². The van der Waals surface area contributed by atoms with Gasteiger partial charge in [-0.1, -0.05) is 42.5 Å². The van der Waals surface area contributed by atoms with E-state index in [9.17, 15) is 0 Å². The van der Waals surface area contributed by atoms with Crippen LogP contribution in [0.15, 0.2) is 18.3 Å². The first-order valence-corrected chi connectivity index (χ1v) is 8.48. The van der Waals surface area contributed by atoms with E-state index in [4.69, 9.17) is 0 Å². The molecule has 1 nitrogen and oxygen atoms in total. The van der Waals surface area contributed by atoms with Gasteiger partial charge in [0.05, 0.1) is 0 Å². The first-order valence-electron chi connectivity index (χ1n) is 6.03. The average Bonchev–Trinajstić information content (AvgIpc) is 2.16. The summed E-state index contributed by atoms with van der Waals surface area (Å²) >= 11 is -0.581. The van der Waals surface area contributed by atoms with Crippen molar-refractivity contribution in [3.8, 4) is 0 Å². The Kier molecular flexibility index (Phi) is 5.36. The largest absolute Gasteiger partial charge is 0.269 e. The first-order chi connectivity index (χ1) is 7.11. The van der Waals surface area contributed by atoms with Crippen molar-refractivity contribution in [2.45, 2.75) is 43.5 Å². The summed E-state index contributed by atoms with van der Waals surface area (Å²) in [5, 5.41) is 4.12. The van der Waals surface area contributed by atoms with E-state index in [0.29, 0.717) is 0 Å². The normalized spacial score (nSPS) is 10.7. The van der Waals surface area contributed by atoms with Crippen LogP contribution in [-0.4, -0.2) is 19.1 Å². The Morgan fingerprint density at radius 3 is 2.67 bits per heavy atom. The quantitative estimate of drug-likeness (QED) is 0.689. The molecule has 0 saturated carbocycles. The fraction of sp³-hybridized carbons (Fsp3) is 0.615. The van der Waals surface area contributed by atoms with Crippen molar-refractivity contribution in [3.63, 3.8) is 0 Å². The first kappa shape index (κ1) is 12.8. The van der Waals surface area contributed by atoms with Crippen molar-refractivity contribution in [2.75, 3.05) is 0 Å². The molecular weight excluding hydrogens is 197 g/mol. The molecule has 82 valence electrons. The molecule has 0 bridgehead atoms. The van der Waals surface area contributed by atoms with Crippen LogP contribution in [0.25, 0.3) is 0 Å². The third kappa shape index (κ3) is 4.82. The molecule has 15 heavy (non-hydrogen) atoms. The van der Waals surface area contributed by atoms with E-state index in [1.165, 1.54) is 27.1 Å². The Morgan fingerprint density at radius 2 is 2.13 bits per heavy atom. The number of hydrogen-bond donors (Lipinski definition) is 0. The van der Waals surface area contributed by atoms with Crippen LogP contribution in [0, 0.1) is 12.8 Å². The Hall–Kier alpha value is -0.318. The number of aryl methyl sites for hydroxylation is 1. The highest BCUT2D eigenvalue weighted by Crippen LogP contribution is 2.13. The lowest BCUT2D eigenvalue weighted by atomic mass is 10.2. The third-order valence-electron chi connectivity index (χ3n) is 2.85. The van der Waals surface area contributed by atoms with Crippen LogP contribution < -0.4 is 0 Å². The lowest BCUT2D eigenvalue weighted by molar-refractivity contribution is 0.721. The van der Waals surface area contributed by atoms with Gasteiger partial charge in [0, 0.05) is 11.9 Å². The fourth-order valence-electron chi connectivity index (χ4n) is 2.07. The van der Waals surface area contributed by atoms with Crippen molar-refractivity contribution in [2.24, 2.45) is 5.92 Å². The van der Waals surface area contributed by atoms with E-state index in [0.717, 1.165) is 5.92 Å². The summed E-state index contributed by atoms with van der Waals surface area (Å²) in [6.07, 6.45) is 1.95. The molecule has 0 aliphatic carbocycles. The van der Waals surface area contributed by atoms with E-state index in [1.54, 1.807) is 0 Å². The summed E-state index contributed by atoms with van der Waals surface area (Å²) < 4.78 is 0. The standard InChI is InChI=1S/C7H8N.C4H9.C2H5.Al/c1-6-3-4-8-7(2)5-6;1-4(2)3;1-2;/h3-5H,2H2,1H3;4H,1H2,2-3H3;1H2,2H3;. The summed E-state index contributed by atoms with van der Waals surface area (Å²) in [7, 11) is 0. The Labute approximate surface area is 98.3 Å². The molecule has 0 aliphatic heterocycles. The number of aromatic nitrogens is 1. The average molecular weight is 219 g/mol. The molecule has 1 aromatic rings. The smallest absolute Gasteiger partial charge is 0.263 e. The maximum Gasteiger partial charge on any atom is 0.269 e. The molecule has 0 fully saturated rings. The van der Waals surface area contributed by atoms with Crippen LogP contribution in [0.3, 0.4) is 0 Å². The van der Waals surface area contributed by atoms with Gasteiger partial charge in [-0.2, -0.15) is 0 Å². The summed E-state index contributed by atoms with van der Waals surface area (Å²) in [6.45, 7) is 9.16. The molecule has 0 unspecified atom stereocenters. The second-order valence-corrected chi connectivity index (χ2v) is 8.36. The van der Waals surface area contributed by atoms with E-state index in [-0.39, 0.29) is 0 Å². The summed E-state index contributed by atoms with van der Waals surface area (Å²) in [5.74, 6) is 0.853. The Morgan fingerprint density at radius 1 is 1.40 bits per heavy atom. The highest BCUT2D eigenvalue weighted by Gasteiger charge is 2.17. The molecule has 0 amide bonds. The Balaban J connectivity index is 2.58. The molecule has 0 saturated heterocycles. The minimum absolute atomic E-state index is 0.581. The lowest BCUT2D eigenvalue weighted by Crippen LogP contribution is -2.18. The molecule has 0 spiro atoms. The van der Waals surface area contributed by atoms with Crippen LogP contribution >= 0.6 is 0 Å². The van der Waals surface area contributed by atoms with E-state index < -0.39 is 14.1 Å². The SMILES string of the molecule is C[CH2][Al]([CH2]c1cc(C)ccn1)[CH2]C(C)C. The molecule has 1 aromatic heterocycles. The minimum atomic E-state index is -0.581. The number of hydrogen-bond acceptors (Lipinski definition) is 1. The molecular formula is C13H22AlN. The summed E-state index contributed by atoms with van der Waals surface area (Å²) in [4.78, 5) is 4.47. The molecule has 0 N–H and O–H groups in total. The zero-order valence-electron chi connectivity index (χ0n) is 10.5. The summed E-state index contributed by atoms with van der Waals surface area (Å²) in [5.41, 5.74) is 2.66. The minimum Gasteiger partial charge on any atom is -0.263 e. The van der Waals surface area contributed by atoms with Gasteiger partial charge in [0.1, 0.15) is 0 Å². The number of pyridine rings is 1. The van der Waals surface area contributed by atoms with Gasteiger partial charge in [0.15, 0.2) is 0 Å². The second kappa shape index (κ2) is 6.31. The van der Waals surface area contributed by atoms with Crippen LogP contribution in [0.2, 0.25) is 10.6 Å².